The first kappa shape index (κ1) is 23.2. The van der Waals surface area contributed by atoms with Crippen molar-refractivity contribution in [2.24, 2.45) is 0 Å². The molecule has 8 nitrogen and oxygen atoms in total. The molecule has 8 heteroatoms. The van der Waals surface area contributed by atoms with Gasteiger partial charge < -0.3 is 15.0 Å². The quantitative estimate of drug-likeness (QED) is 0.476. The fourth-order valence-corrected chi connectivity index (χ4v) is 4.15. The zero-order valence-electron chi connectivity index (χ0n) is 19.7. The van der Waals surface area contributed by atoms with Gasteiger partial charge in [0.2, 0.25) is 0 Å². The number of rotatable bonds is 4. The van der Waals surface area contributed by atoms with Crippen LogP contribution < -0.4 is 15.8 Å². The van der Waals surface area contributed by atoms with Crippen molar-refractivity contribution >= 4 is 29.1 Å². The molecule has 0 bridgehead atoms. The first-order valence-electron chi connectivity index (χ1n) is 11.2. The normalized spacial score (nSPS) is 18.6. The highest BCUT2D eigenvalue weighted by Gasteiger charge is 2.27. The molecule has 1 amide bonds. The molecule has 3 aromatic rings. The summed E-state index contributed by atoms with van der Waals surface area (Å²) in [5.74, 6) is -0.146. The summed E-state index contributed by atoms with van der Waals surface area (Å²) in [7, 11) is 0. The number of nitrogens with zero attached hydrogens (tertiary/aromatic N) is 4. The lowest BCUT2D eigenvalue weighted by molar-refractivity contribution is -0.112. The summed E-state index contributed by atoms with van der Waals surface area (Å²) in [6, 6.07) is 12.9. The highest BCUT2D eigenvalue weighted by molar-refractivity contribution is 6.10. The maximum atomic E-state index is 13.6. The van der Waals surface area contributed by atoms with Crippen LogP contribution in [0.4, 0.5) is 11.5 Å². The average molecular weight is 458 g/mol. The number of carbonyl (C=O) groups excluding carboxylic acids is 1. The fraction of sp³-hybridized carbons (Fsp3) is 0.308. The number of hydrogen-bond donors (Lipinski definition) is 1. The molecule has 0 radical (unpaired) electrons. The van der Waals surface area contributed by atoms with Crippen LogP contribution in [0, 0.1) is 25.2 Å². The number of amides is 1. The van der Waals surface area contributed by atoms with E-state index in [4.69, 9.17) is 9.72 Å². The van der Waals surface area contributed by atoms with E-state index in [-0.39, 0.29) is 28.9 Å². The van der Waals surface area contributed by atoms with Crippen LogP contribution >= 0.6 is 0 Å². The molecule has 34 heavy (non-hydrogen) atoms. The number of pyridine rings is 1. The summed E-state index contributed by atoms with van der Waals surface area (Å²) >= 11 is 0. The predicted octanol–water partition coefficient (Wildman–Crippen LogP) is 3.47. The molecule has 1 saturated heterocycles. The second kappa shape index (κ2) is 9.49. The molecule has 0 saturated carbocycles. The van der Waals surface area contributed by atoms with Gasteiger partial charge in [0.15, 0.2) is 0 Å². The molecule has 3 heterocycles. The van der Waals surface area contributed by atoms with Gasteiger partial charge in [-0.15, -0.1) is 0 Å². The van der Waals surface area contributed by atoms with Crippen LogP contribution in [0.15, 0.2) is 53.0 Å². The van der Waals surface area contributed by atoms with Crippen molar-refractivity contribution in [3.63, 3.8) is 0 Å². The minimum Gasteiger partial charge on any atom is -0.372 e. The van der Waals surface area contributed by atoms with E-state index in [1.165, 1.54) is 10.5 Å². The second-order valence-electron chi connectivity index (χ2n) is 8.69. The molecule has 0 aliphatic carbocycles. The Hall–Kier alpha value is -3.96. The van der Waals surface area contributed by atoms with Crippen molar-refractivity contribution in [3.05, 3.63) is 75.2 Å². The van der Waals surface area contributed by atoms with Crippen LogP contribution in [0.25, 0.3) is 11.7 Å². The van der Waals surface area contributed by atoms with Gasteiger partial charge in [0.1, 0.15) is 23.1 Å². The van der Waals surface area contributed by atoms with Gasteiger partial charge in [0, 0.05) is 25.0 Å². The number of fused-ring (bicyclic) bond motifs is 1. The standard InChI is InChI=1S/C26H27N5O3/c1-16-7-9-21(10-8-16)28-25(32)20(13-27)12-22-24(30-14-18(3)34-19(4)15-30)29-23-17(2)6-5-11-31(23)26(22)33/h5-12,18-19H,14-15H2,1-4H3,(H,28,32)/b20-12+. The SMILES string of the molecule is Cc1ccc(NC(=O)/C(C#N)=C/c2c(N3CC(C)OC(C)C3)nc3c(C)cccn3c2=O)cc1. The Morgan fingerprint density at radius 2 is 1.85 bits per heavy atom. The molecule has 1 aromatic carbocycles. The largest absolute Gasteiger partial charge is 0.372 e. The van der Waals surface area contributed by atoms with Crippen LogP contribution in [-0.4, -0.2) is 40.6 Å². The van der Waals surface area contributed by atoms with E-state index in [1.54, 1.807) is 24.4 Å². The van der Waals surface area contributed by atoms with E-state index in [9.17, 15) is 14.9 Å². The first-order chi connectivity index (χ1) is 16.3. The molecule has 4 rings (SSSR count). The molecule has 174 valence electrons. The van der Waals surface area contributed by atoms with Gasteiger partial charge in [-0.25, -0.2) is 4.98 Å². The van der Waals surface area contributed by atoms with Gasteiger partial charge in [0.05, 0.1) is 17.8 Å². The topological polar surface area (TPSA) is 99.7 Å². The second-order valence-corrected chi connectivity index (χ2v) is 8.69. The molecule has 0 spiro atoms. The number of morpholine rings is 1. The number of ether oxygens (including phenoxy) is 1. The summed E-state index contributed by atoms with van der Waals surface area (Å²) < 4.78 is 7.30. The van der Waals surface area contributed by atoms with Crippen molar-refractivity contribution in [2.45, 2.75) is 39.9 Å². The molecule has 1 aliphatic rings. The van der Waals surface area contributed by atoms with Crippen LogP contribution in [-0.2, 0) is 9.53 Å². The summed E-state index contributed by atoms with van der Waals surface area (Å²) in [5, 5.41) is 12.5. The molecule has 2 aromatic heterocycles. The van der Waals surface area contributed by atoms with Gasteiger partial charge in [-0.1, -0.05) is 23.8 Å². The van der Waals surface area contributed by atoms with E-state index in [2.05, 4.69) is 5.32 Å². The maximum Gasteiger partial charge on any atom is 0.267 e. The molecule has 1 fully saturated rings. The number of nitriles is 1. The van der Waals surface area contributed by atoms with Gasteiger partial charge in [0.25, 0.3) is 11.5 Å². The Kier molecular flexibility index (Phi) is 6.48. The number of hydrogen-bond acceptors (Lipinski definition) is 6. The molecular formula is C26H27N5O3. The van der Waals surface area contributed by atoms with E-state index in [0.717, 1.165) is 11.1 Å². The van der Waals surface area contributed by atoms with Crippen molar-refractivity contribution in [1.29, 1.82) is 5.26 Å². The monoisotopic (exact) mass is 457 g/mol. The molecular weight excluding hydrogens is 430 g/mol. The van der Waals surface area contributed by atoms with Crippen molar-refractivity contribution in [3.8, 4) is 6.07 Å². The zero-order valence-corrected chi connectivity index (χ0v) is 19.7. The number of carbonyl (C=O) groups is 1. The fourth-order valence-electron chi connectivity index (χ4n) is 4.15. The number of aryl methyl sites for hydroxylation is 2. The number of aromatic nitrogens is 2. The molecule has 2 atom stereocenters. The number of benzene rings is 1. The van der Waals surface area contributed by atoms with E-state index in [0.29, 0.717) is 30.2 Å². The summed E-state index contributed by atoms with van der Waals surface area (Å²) in [4.78, 5) is 33.3. The van der Waals surface area contributed by atoms with Crippen molar-refractivity contribution in [2.75, 3.05) is 23.3 Å². The first-order valence-corrected chi connectivity index (χ1v) is 11.2. The summed E-state index contributed by atoms with van der Waals surface area (Å²) in [5.41, 5.74) is 2.68. The number of anilines is 2. The summed E-state index contributed by atoms with van der Waals surface area (Å²) in [6.07, 6.45) is 2.87. The van der Waals surface area contributed by atoms with Gasteiger partial charge in [-0.3, -0.25) is 14.0 Å². The third-order valence-corrected chi connectivity index (χ3v) is 5.75. The summed E-state index contributed by atoms with van der Waals surface area (Å²) in [6.45, 7) is 8.85. The van der Waals surface area contributed by atoms with Gasteiger partial charge >= 0.3 is 0 Å². The predicted molar refractivity (Wildman–Crippen MR) is 132 cm³/mol. The minimum absolute atomic E-state index is 0.0574. The molecule has 1 aliphatic heterocycles. The van der Waals surface area contributed by atoms with Crippen molar-refractivity contribution < 1.29 is 9.53 Å². The van der Waals surface area contributed by atoms with Crippen LogP contribution in [0.1, 0.15) is 30.5 Å². The Bertz CT molecular complexity index is 1360. The Morgan fingerprint density at radius 3 is 2.50 bits per heavy atom. The van der Waals surface area contributed by atoms with Crippen LogP contribution in [0.3, 0.4) is 0 Å². The molecule has 1 N–H and O–H groups in total. The maximum absolute atomic E-state index is 13.6. The van der Waals surface area contributed by atoms with Crippen LogP contribution in [0.2, 0.25) is 0 Å². The lowest BCUT2D eigenvalue weighted by Gasteiger charge is -2.36. The Balaban J connectivity index is 1.83. The van der Waals surface area contributed by atoms with E-state index < -0.39 is 5.91 Å². The lowest BCUT2D eigenvalue weighted by Crippen LogP contribution is -2.46. The average Bonchev–Trinajstić information content (AvgIpc) is 2.79. The highest BCUT2D eigenvalue weighted by Crippen LogP contribution is 2.24. The van der Waals surface area contributed by atoms with Gasteiger partial charge in [-0.2, -0.15) is 5.26 Å². The third-order valence-electron chi connectivity index (χ3n) is 5.75. The van der Waals surface area contributed by atoms with Gasteiger partial charge in [-0.05, 0) is 57.5 Å². The Labute approximate surface area is 198 Å². The van der Waals surface area contributed by atoms with Crippen molar-refractivity contribution in [1.82, 2.24) is 9.38 Å². The Morgan fingerprint density at radius 1 is 1.18 bits per heavy atom. The highest BCUT2D eigenvalue weighted by atomic mass is 16.5. The lowest BCUT2D eigenvalue weighted by atomic mass is 10.1. The van der Waals surface area contributed by atoms with E-state index in [1.807, 2.05) is 56.9 Å². The third kappa shape index (κ3) is 4.70. The number of nitrogens with one attached hydrogen (secondary N) is 1. The molecule has 2 unspecified atom stereocenters. The zero-order chi connectivity index (χ0) is 24.4. The van der Waals surface area contributed by atoms with Crippen LogP contribution in [0.5, 0.6) is 0 Å². The van der Waals surface area contributed by atoms with E-state index >= 15 is 0 Å². The minimum atomic E-state index is -0.588. The smallest absolute Gasteiger partial charge is 0.267 e.